The van der Waals surface area contributed by atoms with Gasteiger partial charge in [-0.05, 0) is 35.4 Å². The molecule has 26 heavy (non-hydrogen) atoms. The van der Waals surface area contributed by atoms with E-state index < -0.39 is 0 Å². The van der Waals surface area contributed by atoms with Gasteiger partial charge in [-0.25, -0.2) is 0 Å². The van der Waals surface area contributed by atoms with Crippen LogP contribution in [-0.4, -0.2) is 41.3 Å². The second-order valence-electron chi connectivity index (χ2n) is 6.05. The Morgan fingerprint density at radius 2 is 1.62 bits per heavy atom. The molecule has 0 unspecified atom stereocenters. The zero-order chi connectivity index (χ0) is 19.1. The zero-order valence-electron chi connectivity index (χ0n) is 16.0. The topological polar surface area (TPSA) is 60.0 Å². The van der Waals surface area contributed by atoms with E-state index >= 15 is 0 Å². The number of hydrogen-bond acceptors (Lipinski definition) is 5. The monoisotopic (exact) mass is 358 g/mol. The van der Waals surface area contributed by atoms with Gasteiger partial charge in [0.15, 0.2) is 11.5 Å². The molecule has 0 saturated carbocycles. The van der Waals surface area contributed by atoms with Crippen LogP contribution in [0.4, 0.5) is 5.69 Å². The van der Waals surface area contributed by atoms with Crippen molar-refractivity contribution in [3.63, 3.8) is 0 Å². The highest BCUT2D eigenvalue weighted by atomic mass is 16.5. The van der Waals surface area contributed by atoms with Gasteiger partial charge in [0.25, 0.3) is 0 Å². The molecule has 0 aliphatic carbocycles. The molecular formula is C20H26N2O4. The van der Waals surface area contributed by atoms with Crippen molar-refractivity contribution >= 4 is 11.6 Å². The number of carbonyl (C=O) groups is 1. The second kappa shape index (κ2) is 8.99. The fraction of sp³-hybridized carbons (Fsp3) is 0.350. The smallest absolute Gasteiger partial charge is 0.224 e. The van der Waals surface area contributed by atoms with E-state index in [-0.39, 0.29) is 12.3 Å². The van der Waals surface area contributed by atoms with E-state index in [4.69, 9.17) is 14.2 Å². The molecule has 140 valence electrons. The first-order chi connectivity index (χ1) is 12.5. The molecule has 0 bridgehead atoms. The van der Waals surface area contributed by atoms with Crippen LogP contribution < -0.4 is 24.4 Å². The minimum absolute atomic E-state index is 0.0745. The number of benzene rings is 2. The predicted octanol–water partition coefficient (Wildman–Crippen LogP) is 2.64. The molecule has 0 spiro atoms. The Balaban J connectivity index is 2.05. The number of carbonyl (C=O) groups excluding carboxylic acids is 1. The molecule has 6 nitrogen and oxygen atoms in total. The van der Waals surface area contributed by atoms with Crippen molar-refractivity contribution in [3.05, 3.63) is 47.5 Å². The average Bonchev–Trinajstić information content (AvgIpc) is 2.65. The molecule has 0 aliphatic rings. The molecule has 6 heteroatoms. The van der Waals surface area contributed by atoms with Gasteiger partial charge in [-0.2, -0.15) is 0 Å². The highest BCUT2D eigenvalue weighted by molar-refractivity contribution is 5.79. The van der Waals surface area contributed by atoms with Crippen LogP contribution in [-0.2, 0) is 17.8 Å². The summed E-state index contributed by atoms with van der Waals surface area (Å²) in [5, 5.41) is 2.95. The lowest BCUT2D eigenvalue weighted by Crippen LogP contribution is -2.24. The summed E-state index contributed by atoms with van der Waals surface area (Å²) in [6.45, 7) is 0.477. The third kappa shape index (κ3) is 4.81. The molecule has 0 saturated heterocycles. The molecular weight excluding hydrogens is 332 g/mol. The first-order valence-electron chi connectivity index (χ1n) is 8.30. The van der Waals surface area contributed by atoms with Crippen LogP contribution in [0, 0.1) is 0 Å². The Bertz CT molecular complexity index is 734. The number of anilines is 1. The fourth-order valence-corrected chi connectivity index (χ4v) is 2.63. The van der Waals surface area contributed by atoms with Crippen LogP contribution in [0.1, 0.15) is 11.1 Å². The molecule has 1 amide bonds. The Morgan fingerprint density at radius 3 is 2.15 bits per heavy atom. The molecule has 2 aromatic carbocycles. The van der Waals surface area contributed by atoms with E-state index in [1.165, 1.54) is 0 Å². The fourth-order valence-electron chi connectivity index (χ4n) is 2.63. The van der Waals surface area contributed by atoms with Gasteiger partial charge in [0, 0.05) is 26.3 Å². The summed E-state index contributed by atoms with van der Waals surface area (Å²) in [4.78, 5) is 14.4. The van der Waals surface area contributed by atoms with E-state index in [0.29, 0.717) is 23.8 Å². The maximum absolute atomic E-state index is 12.3. The highest BCUT2D eigenvalue weighted by Crippen LogP contribution is 2.38. The van der Waals surface area contributed by atoms with Crippen molar-refractivity contribution in [2.24, 2.45) is 0 Å². The molecule has 0 aromatic heterocycles. The van der Waals surface area contributed by atoms with Crippen molar-refractivity contribution in [2.45, 2.75) is 13.0 Å². The molecule has 0 aliphatic heterocycles. The Morgan fingerprint density at radius 1 is 0.962 bits per heavy atom. The van der Waals surface area contributed by atoms with Gasteiger partial charge in [0.2, 0.25) is 11.7 Å². The molecule has 1 N–H and O–H groups in total. The van der Waals surface area contributed by atoms with E-state index in [1.54, 1.807) is 33.5 Å². The Hall–Kier alpha value is -2.89. The molecule has 0 fully saturated rings. The first-order valence-corrected chi connectivity index (χ1v) is 8.30. The highest BCUT2D eigenvalue weighted by Gasteiger charge is 2.14. The lowest BCUT2D eigenvalue weighted by Gasteiger charge is -2.15. The number of amides is 1. The van der Waals surface area contributed by atoms with Crippen LogP contribution in [0.2, 0.25) is 0 Å². The lowest BCUT2D eigenvalue weighted by molar-refractivity contribution is -0.120. The number of nitrogens with one attached hydrogen (secondary N) is 1. The predicted molar refractivity (Wildman–Crippen MR) is 102 cm³/mol. The van der Waals surface area contributed by atoms with Crippen molar-refractivity contribution in [3.8, 4) is 17.2 Å². The average molecular weight is 358 g/mol. The lowest BCUT2D eigenvalue weighted by atomic mass is 10.1. The largest absolute Gasteiger partial charge is 0.493 e. The third-order valence-electron chi connectivity index (χ3n) is 4.01. The van der Waals surface area contributed by atoms with Gasteiger partial charge < -0.3 is 24.4 Å². The number of methoxy groups -OCH3 is 3. The normalized spacial score (nSPS) is 10.2. The van der Waals surface area contributed by atoms with Crippen molar-refractivity contribution in [1.82, 2.24) is 5.32 Å². The van der Waals surface area contributed by atoms with Crippen molar-refractivity contribution < 1.29 is 19.0 Å². The van der Waals surface area contributed by atoms with Crippen LogP contribution in [0.3, 0.4) is 0 Å². The maximum atomic E-state index is 12.3. The summed E-state index contributed by atoms with van der Waals surface area (Å²) in [5.74, 6) is 1.51. The molecule has 0 radical (unpaired) electrons. The standard InChI is InChI=1S/C20H26N2O4/c1-22(2)16-8-6-7-14(9-16)13-21-19(23)12-15-10-17(24-3)20(26-5)18(11-15)25-4/h6-11H,12-13H2,1-5H3,(H,21,23). The van der Waals surface area contributed by atoms with Gasteiger partial charge in [-0.3, -0.25) is 4.79 Å². The van der Waals surface area contributed by atoms with Gasteiger partial charge in [-0.15, -0.1) is 0 Å². The number of rotatable bonds is 8. The van der Waals surface area contributed by atoms with Crippen LogP contribution in [0.15, 0.2) is 36.4 Å². The third-order valence-corrected chi connectivity index (χ3v) is 4.01. The van der Waals surface area contributed by atoms with E-state index in [2.05, 4.69) is 11.4 Å². The minimum atomic E-state index is -0.0745. The SMILES string of the molecule is COc1cc(CC(=O)NCc2cccc(N(C)C)c2)cc(OC)c1OC. The zero-order valence-corrected chi connectivity index (χ0v) is 16.0. The summed E-state index contributed by atoms with van der Waals surface area (Å²) in [6.07, 6.45) is 0.226. The van der Waals surface area contributed by atoms with Crippen LogP contribution in [0.5, 0.6) is 17.2 Å². The Kier molecular flexibility index (Phi) is 6.72. The van der Waals surface area contributed by atoms with Crippen molar-refractivity contribution in [2.75, 3.05) is 40.3 Å². The van der Waals surface area contributed by atoms with Gasteiger partial charge >= 0.3 is 0 Å². The summed E-state index contributed by atoms with van der Waals surface area (Å²) < 4.78 is 15.9. The van der Waals surface area contributed by atoms with Crippen LogP contribution in [0.25, 0.3) is 0 Å². The molecule has 2 rings (SSSR count). The summed E-state index contributed by atoms with van der Waals surface area (Å²) in [7, 11) is 8.64. The van der Waals surface area contributed by atoms with Gasteiger partial charge in [0.05, 0.1) is 27.8 Å². The number of nitrogens with zero attached hydrogens (tertiary/aromatic N) is 1. The number of ether oxygens (including phenoxy) is 3. The Labute approximate surface area is 154 Å². The summed E-state index contributed by atoms with van der Waals surface area (Å²) in [6, 6.07) is 11.6. The van der Waals surface area contributed by atoms with E-state index in [9.17, 15) is 4.79 Å². The molecule has 2 aromatic rings. The summed E-state index contributed by atoms with van der Waals surface area (Å²) >= 11 is 0. The molecule has 0 heterocycles. The van der Waals surface area contributed by atoms with E-state index in [0.717, 1.165) is 16.8 Å². The van der Waals surface area contributed by atoms with Crippen molar-refractivity contribution in [1.29, 1.82) is 0 Å². The maximum Gasteiger partial charge on any atom is 0.224 e. The molecule has 0 atom stereocenters. The number of hydrogen-bond donors (Lipinski definition) is 1. The summed E-state index contributed by atoms with van der Waals surface area (Å²) in [5.41, 5.74) is 2.94. The van der Waals surface area contributed by atoms with Gasteiger partial charge in [0.1, 0.15) is 0 Å². The van der Waals surface area contributed by atoms with E-state index in [1.807, 2.05) is 37.2 Å². The van der Waals surface area contributed by atoms with Crippen LogP contribution >= 0.6 is 0 Å². The quantitative estimate of drug-likeness (QED) is 0.786. The second-order valence-corrected chi connectivity index (χ2v) is 6.05. The van der Waals surface area contributed by atoms with Gasteiger partial charge in [-0.1, -0.05) is 12.1 Å². The first kappa shape index (κ1) is 19.4. The minimum Gasteiger partial charge on any atom is -0.493 e.